The lowest BCUT2D eigenvalue weighted by Gasteiger charge is -2.39. The lowest BCUT2D eigenvalue weighted by atomic mass is 9.83. The first-order chi connectivity index (χ1) is 22.4. The van der Waals surface area contributed by atoms with E-state index in [1.165, 1.54) is 0 Å². The Labute approximate surface area is 285 Å². The fraction of sp³-hybridized carbons (Fsp3) is 0.543. The zero-order valence-corrected chi connectivity index (χ0v) is 30.9. The van der Waals surface area contributed by atoms with Crippen molar-refractivity contribution in [1.82, 2.24) is 19.9 Å². The summed E-state index contributed by atoms with van der Waals surface area (Å²) in [7, 11) is -2.14. The van der Waals surface area contributed by atoms with Gasteiger partial charge in [0.05, 0.1) is 30.2 Å². The number of nitriles is 1. The lowest BCUT2D eigenvalue weighted by molar-refractivity contribution is 0.0575. The predicted molar refractivity (Wildman–Crippen MR) is 189 cm³/mol. The van der Waals surface area contributed by atoms with E-state index in [1.807, 2.05) is 45.9 Å². The van der Waals surface area contributed by atoms with Crippen molar-refractivity contribution in [3.8, 4) is 17.3 Å². The molecule has 1 fully saturated rings. The molecule has 0 spiro atoms. The van der Waals surface area contributed by atoms with E-state index < -0.39 is 25.4 Å². The second-order valence-electron chi connectivity index (χ2n) is 15.4. The molecule has 0 radical (unpaired) electrons. The molecular weight excluding hydrogens is 625 g/mol. The third-order valence-electron chi connectivity index (χ3n) is 9.18. The van der Waals surface area contributed by atoms with Gasteiger partial charge >= 0.3 is 6.09 Å². The Morgan fingerprint density at radius 1 is 1.10 bits per heavy atom. The molecule has 1 N–H and O–H groups in total. The van der Waals surface area contributed by atoms with Crippen molar-refractivity contribution in [3.05, 3.63) is 47.4 Å². The molecule has 2 aliphatic heterocycles. The molecule has 1 atom stereocenters. The number of ether oxygens (including phenoxy) is 2. The molecule has 1 aromatic carbocycles. The molecule has 4 heterocycles. The smallest absolute Gasteiger partial charge is 0.414 e. The minimum atomic E-state index is -2.14. The summed E-state index contributed by atoms with van der Waals surface area (Å²) in [5, 5.41) is 13.7. The van der Waals surface area contributed by atoms with Crippen LogP contribution in [0.1, 0.15) is 65.4 Å². The van der Waals surface area contributed by atoms with Gasteiger partial charge in [-0.1, -0.05) is 27.7 Å². The van der Waals surface area contributed by atoms with E-state index in [0.29, 0.717) is 60.9 Å². The quantitative estimate of drug-likeness (QED) is 0.267. The maximum absolute atomic E-state index is 13.6. The third kappa shape index (κ3) is 7.61. The van der Waals surface area contributed by atoms with Gasteiger partial charge in [-0.25, -0.2) is 24.7 Å². The van der Waals surface area contributed by atoms with Gasteiger partial charge in [0.2, 0.25) is 5.95 Å². The highest BCUT2D eigenvalue weighted by Gasteiger charge is 2.47. The summed E-state index contributed by atoms with van der Waals surface area (Å²) in [4.78, 5) is 35.8. The van der Waals surface area contributed by atoms with E-state index in [-0.39, 0.29) is 5.04 Å². The number of fused-ring (bicyclic) bond motifs is 1. The Bertz CT molecular complexity index is 1720. The van der Waals surface area contributed by atoms with Gasteiger partial charge in [-0.05, 0) is 69.6 Å². The molecule has 5 rings (SSSR count). The minimum Gasteiger partial charge on any atom is -0.443 e. The van der Waals surface area contributed by atoms with E-state index in [0.717, 1.165) is 30.0 Å². The first-order valence-electron chi connectivity index (χ1n) is 16.4. The number of benzene rings is 1. The predicted octanol–water partition coefficient (Wildman–Crippen LogP) is 6.73. The molecule has 48 heavy (non-hydrogen) atoms. The topological polar surface area (TPSA) is 139 Å². The molecule has 2 aliphatic rings. The summed E-state index contributed by atoms with van der Waals surface area (Å²) < 4.78 is 18.1. The van der Waals surface area contributed by atoms with Crippen molar-refractivity contribution in [2.24, 2.45) is 0 Å². The average molecular weight is 673 g/mol. The zero-order chi connectivity index (χ0) is 35.1. The fourth-order valence-corrected chi connectivity index (χ4v) is 6.66. The van der Waals surface area contributed by atoms with Gasteiger partial charge in [-0.2, -0.15) is 5.26 Å². The number of morpholine rings is 1. The van der Waals surface area contributed by atoms with Crippen LogP contribution in [0.5, 0.6) is 0 Å². The molecule has 1 amide bonds. The molecule has 12 nitrogen and oxygen atoms in total. The Kier molecular flexibility index (Phi) is 9.58. The molecule has 0 unspecified atom stereocenters. The average Bonchev–Trinajstić information content (AvgIpc) is 3.31. The number of aromatic nitrogens is 4. The third-order valence-corrected chi connectivity index (χ3v) is 13.7. The van der Waals surface area contributed by atoms with Gasteiger partial charge in [0, 0.05) is 49.5 Å². The maximum atomic E-state index is 13.6. The van der Waals surface area contributed by atoms with E-state index >= 15 is 0 Å². The summed E-state index contributed by atoms with van der Waals surface area (Å²) >= 11 is 0. The zero-order valence-electron chi connectivity index (χ0n) is 29.9. The number of hydrogen-bond acceptors (Lipinski definition) is 11. The summed E-state index contributed by atoms with van der Waals surface area (Å²) in [6, 6.07) is 9.83. The standard InChI is InChI=1S/C35H48N8O4Si/c1-23-38-28(19-29(39-23)42-13-15-45-16-14-42)41-31-37-12-11-27(40-31)24-17-25(20-36)30-26(18-24)35(8,22-46-48(9,10)34(5,6)7)21-43(30)32(44)47-33(2,3)4/h11-12,17-19H,13-16,21-22H2,1-10H3,(H,37,38,39,40,41)/t35-/m1/s1. The van der Waals surface area contributed by atoms with Crippen molar-refractivity contribution < 1.29 is 18.7 Å². The Hall–Kier alpha value is -4.12. The number of carbonyl (C=O) groups excluding carboxylic acids is 1. The molecule has 13 heteroatoms. The monoisotopic (exact) mass is 672 g/mol. The van der Waals surface area contributed by atoms with Crippen molar-refractivity contribution >= 4 is 37.7 Å². The number of carbonyl (C=O) groups is 1. The SMILES string of the molecule is Cc1nc(Nc2nccc(-c3cc(C#N)c4c(c3)[C@@](C)(CO[Si](C)(C)C(C)(C)C)CN4C(=O)OC(C)(C)C)n2)cc(N2CCOCC2)n1. The van der Waals surface area contributed by atoms with Crippen LogP contribution in [-0.2, 0) is 19.3 Å². The normalized spacial score (nSPS) is 18.4. The summed E-state index contributed by atoms with van der Waals surface area (Å²) in [5.41, 5.74) is 1.80. The first-order valence-corrected chi connectivity index (χ1v) is 19.3. The minimum absolute atomic E-state index is 0.00480. The molecular formula is C35H48N8O4Si. The van der Waals surface area contributed by atoms with Crippen LogP contribution in [0, 0.1) is 18.3 Å². The largest absolute Gasteiger partial charge is 0.443 e. The number of nitrogens with zero attached hydrogens (tertiary/aromatic N) is 7. The van der Waals surface area contributed by atoms with Gasteiger partial charge in [0.15, 0.2) is 8.32 Å². The second kappa shape index (κ2) is 13.1. The summed E-state index contributed by atoms with van der Waals surface area (Å²) in [6.45, 7) is 24.0. The van der Waals surface area contributed by atoms with Crippen molar-refractivity contribution in [2.45, 2.75) is 84.5 Å². The molecule has 256 valence electrons. The Balaban J connectivity index is 1.52. The number of nitrogens with one attached hydrogen (secondary N) is 1. The van der Waals surface area contributed by atoms with Crippen molar-refractivity contribution in [1.29, 1.82) is 5.26 Å². The number of anilines is 4. The van der Waals surface area contributed by atoms with Crippen LogP contribution >= 0.6 is 0 Å². The number of hydrogen-bond donors (Lipinski definition) is 1. The van der Waals surface area contributed by atoms with Crippen molar-refractivity contribution in [2.75, 3.05) is 54.6 Å². The number of amides is 1. The van der Waals surface area contributed by atoms with E-state index in [2.05, 4.69) is 72.0 Å². The van der Waals surface area contributed by atoms with Crippen LogP contribution in [0.3, 0.4) is 0 Å². The Morgan fingerprint density at radius 2 is 1.81 bits per heavy atom. The van der Waals surface area contributed by atoms with Crippen LogP contribution in [0.25, 0.3) is 11.3 Å². The van der Waals surface area contributed by atoms with Gasteiger partial charge in [-0.3, -0.25) is 4.90 Å². The van der Waals surface area contributed by atoms with Gasteiger partial charge < -0.3 is 24.1 Å². The van der Waals surface area contributed by atoms with Gasteiger partial charge in [0.1, 0.15) is 29.1 Å². The Morgan fingerprint density at radius 3 is 2.46 bits per heavy atom. The highest BCUT2D eigenvalue weighted by molar-refractivity contribution is 6.74. The van der Waals surface area contributed by atoms with Crippen LogP contribution in [0.4, 0.5) is 28.1 Å². The maximum Gasteiger partial charge on any atom is 0.414 e. The number of aryl methyl sites for hydroxylation is 1. The van der Waals surface area contributed by atoms with Crippen LogP contribution in [-0.4, -0.2) is 79.4 Å². The van der Waals surface area contributed by atoms with Crippen molar-refractivity contribution in [3.63, 3.8) is 0 Å². The summed E-state index contributed by atoms with van der Waals surface area (Å²) in [6.07, 6.45) is 1.18. The molecule has 0 saturated carbocycles. The van der Waals surface area contributed by atoms with Gasteiger partial charge in [-0.15, -0.1) is 0 Å². The fourth-order valence-electron chi connectivity index (χ4n) is 5.55. The van der Waals surface area contributed by atoms with Crippen LogP contribution < -0.4 is 15.1 Å². The lowest BCUT2D eigenvalue weighted by Crippen LogP contribution is -2.46. The van der Waals surface area contributed by atoms with Gasteiger partial charge in [0.25, 0.3) is 0 Å². The molecule has 2 aromatic heterocycles. The highest BCUT2D eigenvalue weighted by atomic mass is 28.4. The second-order valence-corrected chi connectivity index (χ2v) is 20.2. The number of rotatable bonds is 7. The van der Waals surface area contributed by atoms with E-state index in [9.17, 15) is 10.1 Å². The van der Waals surface area contributed by atoms with E-state index in [1.54, 1.807) is 17.2 Å². The summed E-state index contributed by atoms with van der Waals surface area (Å²) in [5.74, 6) is 2.38. The van der Waals surface area contributed by atoms with Crippen LogP contribution in [0.2, 0.25) is 18.1 Å². The molecule has 1 saturated heterocycles. The molecule has 0 aliphatic carbocycles. The van der Waals surface area contributed by atoms with E-state index in [4.69, 9.17) is 18.9 Å². The molecule has 3 aromatic rings. The van der Waals surface area contributed by atoms with Crippen LogP contribution in [0.15, 0.2) is 30.5 Å². The first kappa shape index (κ1) is 35.2. The molecule has 0 bridgehead atoms. The highest BCUT2D eigenvalue weighted by Crippen LogP contribution is 2.47.